The third kappa shape index (κ3) is 4.67. The summed E-state index contributed by atoms with van der Waals surface area (Å²) in [6.45, 7) is 0.106. The number of nitrogens with zero attached hydrogens (tertiary/aromatic N) is 2. The van der Waals surface area contributed by atoms with Crippen molar-refractivity contribution in [1.82, 2.24) is 10.2 Å². The van der Waals surface area contributed by atoms with Crippen molar-refractivity contribution in [1.29, 1.82) is 5.26 Å². The predicted molar refractivity (Wildman–Crippen MR) is 101 cm³/mol. The molecule has 1 saturated carbocycles. The average Bonchev–Trinajstić information content (AvgIpc) is 3.29. The molecule has 4 atom stereocenters. The molecule has 4 unspecified atom stereocenters. The molecule has 1 aliphatic carbocycles. The summed E-state index contributed by atoms with van der Waals surface area (Å²) in [5.74, 6) is -1.70. The number of benzene rings is 1. The first kappa shape index (κ1) is 19.8. The van der Waals surface area contributed by atoms with Gasteiger partial charge < -0.3 is 20.6 Å². The first-order valence-electron chi connectivity index (χ1n) is 9.50. The van der Waals surface area contributed by atoms with Crippen LogP contribution in [0, 0.1) is 17.2 Å². The van der Waals surface area contributed by atoms with E-state index in [0.717, 1.165) is 6.42 Å². The molecule has 28 heavy (non-hydrogen) atoms. The van der Waals surface area contributed by atoms with E-state index in [2.05, 4.69) is 16.7 Å². The summed E-state index contributed by atoms with van der Waals surface area (Å²) in [7, 11) is 0. The quantitative estimate of drug-likeness (QED) is 0.648. The summed E-state index contributed by atoms with van der Waals surface area (Å²) >= 11 is 0. The number of carbonyl (C=O) groups excluding carboxylic acids is 3. The fraction of sp³-hybridized carbons (Fsp3) is 0.500. The Morgan fingerprint density at radius 1 is 1.21 bits per heavy atom. The lowest BCUT2D eigenvalue weighted by Crippen LogP contribution is -2.43. The summed E-state index contributed by atoms with van der Waals surface area (Å²) in [4.78, 5) is 38.4. The standard InChI is InChI=1S/C20H24N4O4/c21-11-15-9-13(20(28)22-14-5-2-1-3-6-14)12-24(15)19(27)10-18(26)23-16-7-4-8-17(16)25/h1-3,5-6,13,15-17,25H,4,7-10,12H2,(H,22,28)(H,23,26). The van der Waals surface area contributed by atoms with Gasteiger partial charge in [0.05, 0.1) is 24.1 Å². The molecule has 1 aromatic rings. The van der Waals surface area contributed by atoms with Gasteiger partial charge in [-0.05, 0) is 37.8 Å². The van der Waals surface area contributed by atoms with Gasteiger partial charge in [0, 0.05) is 12.2 Å². The number of anilines is 1. The maximum atomic E-state index is 12.5. The Bertz CT molecular complexity index is 776. The first-order chi connectivity index (χ1) is 13.5. The minimum absolute atomic E-state index is 0.106. The third-order valence-electron chi connectivity index (χ3n) is 5.32. The van der Waals surface area contributed by atoms with Crippen LogP contribution in [0.1, 0.15) is 32.1 Å². The van der Waals surface area contributed by atoms with Crippen LogP contribution >= 0.6 is 0 Å². The molecule has 1 heterocycles. The van der Waals surface area contributed by atoms with E-state index in [0.29, 0.717) is 18.5 Å². The van der Waals surface area contributed by atoms with Gasteiger partial charge in [-0.2, -0.15) is 5.26 Å². The zero-order valence-corrected chi connectivity index (χ0v) is 15.5. The van der Waals surface area contributed by atoms with E-state index < -0.39 is 36.3 Å². The maximum absolute atomic E-state index is 12.5. The minimum atomic E-state index is -0.733. The van der Waals surface area contributed by atoms with Gasteiger partial charge in [-0.15, -0.1) is 0 Å². The molecule has 8 heteroatoms. The summed E-state index contributed by atoms with van der Waals surface area (Å²) < 4.78 is 0. The van der Waals surface area contributed by atoms with E-state index in [9.17, 15) is 24.8 Å². The van der Waals surface area contributed by atoms with Crippen LogP contribution in [0.3, 0.4) is 0 Å². The first-order valence-corrected chi connectivity index (χ1v) is 9.50. The maximum Gasteiger partial charge on any atom is 0.233 e. The van der Waals surface area contributed by atoms with E-state index in [1.165, 1.54) is 4.90 Å². The van der Waals surface area contributed by atoms with Crippen LogP contribution in [0.2, 0.25) is 0 Å². The van der Waals surface area contributed by atoms with E-state index in [4.69, 9.17) is 0 Å². The van der Waals surface area contributed by atoms with Crippen LogP contribution in [0.25, 0.3) is 0 Å². The number of aliphatic hydroxyl groups excluding tert-OH is 1. The number of amides is 3. The second-order valence-electron chi connectivity index (χ2n) is 7.33. The van der Waals surface area contributed by atoms with Crippen molar-refractivity contribution >= 4 is 23.4 Å². The normalized spacial score (nSPS) is 26.5. The van der Waals surface area contributed by atoms with Crippen LogP contribution in [0.4, 0.5) is 5.69 Å². The van der Waals surface area contributed by atoms with Crippen molar-refractivity contribution in [3.8, 4) is 6.07 Å². The molecule has 2 fully saturated rings. The van der Waals surface area contributed by atoms with Crippen molar-refractivity contribution in [3.05, 3.63) is 30.3 Å². The summed E-state index contributed by atoms with van der Waals surface area (Å²) in [5.41, 5.74) is 0.653. The second-order valence-corrected chi connectivity index (χ2v) is 7.33. The molecule has 3 amide bonds. The average molecular weight is 384 g/mol. The Kier molecular flexibility index (Phi) is 6.26. The molecule has 0 aromatic heterocycles. The van der Waals surface area contributed by atoms with Gasteiger partial charge in [0.2, 0.25) is 17.7 Å². The predicted octanol–water partition coefficient (Wildman–Crippen LogP) is 0.785. The number of nitriles is 1. The molecular weight excluding hydrogens is 360 g/mol. The smallest absolute Gasteiger partial charge is 0.233 e. The van der Waals surface area contributed by atoms with Crippen LogP contribution in [-0.4, -0.2) is 52.5 Å². The fourth-order valence-electron chi connectivity index (χ4n) is 3.80. The topological polar surface area (TPSA) is 123 Å². The molecule has 3 N–H and O–H groups in total. The Hall–Kier alpha value is -2.92. The highest BCUT2D eigenvalue weighted by Crippen LogP contribution is 2.25. The van der Waals surface area contributed by atoms with Gasteiger partial charge in [0.15, 0.2) is 0 Å². The molecule has 0 bridgehead atoms. The number of aliphatic hydroxyl groups is 1. The Morgan fingerprint density at radius 2 is 1.96 bits per heavy atom. The van der Waals surface area contributed by atoms with Crippen LogP contribution in [0.5, 0.6) is 0 Å². The van der Waals surface area contributed by atoms with Gasteiger partial charge in [-0.3, -0.25) is 14.4 Å². The molecule has 3 rings (SSSR count). The number of nitrogens with one attached hydrogen (secondary N) is 2. The van der Waals surface area contributed by atoms with Crippen LogP contribution < -0.4 is 10.6 Å². The number of hydrogen-bond donors (Lipinski definition) is 3. The second kappa shape index (κ2) is 8.85. The van der Waals surface area contributed by atoms with Crippen molar-refractivity contribution in [3.63, 3.8) is 0 Å². The van der Waals surface area contributed by atoms with Crippen LogP contribution in [-0.2, 0) is 14.4 Å². The molecule has 0 spiro atoms. The number of carbonyl (C=O) groups is 3. The molecule has 8 nitrogen and oxygen atoms in total. The Balaban J connectivity index is 1.55. The lowest BCUT2D eigenvalue weighted by Gasteiger charge is -2.21. The van der Waals surface area contributed by atoms with Gasteiger partial charge >= 0.3 is 0 Å². The number of hydrogen-bond acceptors (Lipinski definition) is 5. The SMILES string of the molecule is N#CC1CC(C(=O)Nc2ccccc2)CN1C(=O)CC(=O)NC1CCCC1O. The lowest BCUT2D eigenvalue weighted by atomic mass is 10.1. The highest BCUT2D eigenvalue weighted by atomic mass is 16.3. The van der Waals surface area contributed by atoms with Gasteiger partial charge in [-0.1, -0.05) is 18.2 Å². The molecule has 148 valence electrons. The number of rotatable bonds is 5. The zero-order chi connectivity index (χ0) is 20.1. The molecular formula is C20H24N4O4. The van der Waals surface area contributed by atoms with Gasteiger partial charge in [0.25, 0.3) is 0 Å². The fourth-order valence-corrected chi connectivity index (χ4v) is 3.80. The summed E-state index contributed by atoms with van der Waals surface area (Å²) in [5, 5.41) is 24.6. The largest absolute Gasteiger partial charge is 0.391 e. The monoisotopic (exact) mass is 384 g/mol. The van der Waals surface area contributed by atoms with Crippen molar-refractivity contribution in [2.45, 2.75) is 50.3 Å². The number of likely N-dealkylation sites (tertiary alicyclic amines) is 1. The minimum Gasteiger partial charge on any atom is -0.391 e. The summed E-state index contributed by atoms with van der Waals surface area (Å²) in [6, 6.07) is 9.97. The summed E-state index contributed by atoms with van der Waals surface area (Å²) in [6.07, 6.45) is 1.43. The lowest BCUT2D eigenvalue weighted by molar-refractivity contribution is -0.136. The zero-order valence-electron chi connectivity index (χ0n) is 15.5. The van der Waals surface area contributed by atoms with Crippen molar-refractivity contribution in [2.24, 2.45) is 5.92 Å². The van der Waals surface area contributed by atoms with Gasteiger partial charge in [-0.25, -0.2) is 0 Å². The molecule has 1 aliphatic heterocycles. The van der Waals surface area contributed by atoms with E-state index in [1.807, 2.05) is 6.07 Å². The van der Waals surface area contributed by atoms with E-state index in [-0.39, 0.29) is 24.9 Å². The molecule has 2 aliphatic rings. The Labute approximate surface area is 163 Å². The van der Waals surface area contributed by atoms with Crippen LogP contribution in [0.15, 0.2) is 30.3 Å². The highest BCUT2D eigenvalue weighted by molar-refractivity contribution is 5.98. The van der Waals surface area contributed by atoms with E-state index >= 15 is 0 Å². The Morgan fingerprint density at radius 3 is 2.61 bits per heavy atom. The molecule has 1 saturated heterocycles. The number of para-hydroxylation sites is 1. The molecule has 1 aromatic carbocycles. The molecule has 0 radical (unpaired) electrons. The van der Waals surface area contributed by atoms with Gasteiger partial charge in [0.1, 0.15) is 12.5 Å². The van der Waals surface area contributed by atoms with Crippen molar-refractivity contribution in [2.75, 3.05) is 11.9 Å². The highest BCUT2D eigenvalue weighted by Gasteiger charge is 2.39. The van der Waals surface area contributed by atoms with E-state index in [1.54, 1.807) is 24.3 Å². The van der Waals surface area contributed by atoms with Crippen molar-refractivity contribution < 1.29 is 19.5 Å². The third-order valence-corrected chi connectivity index (χ3v) is 5.32.